The summed E-state index contributed by atoms with van der Waals surface area (Å²) in [5.41, 5.74) is 0.0652. The third kappa shape index (κ3) is 2.78. The van der Waals surface area contributed by atoms with Crippen LogP contribution in [0.3, 0.4) is 0 Å². The summed E-state index contributed by atoms with van der Waals surface area (Å²) in [5.74, 6) is 1.65. The third-order valence-corrected chi connectivity index (χ3v) is 5.96. The fourth-order valence-electron chi connectivity index (χ4n) is 3.66. The highest BCUT2D eigenvalue weighted by molar-refractivity contribution is 7.15. The average Bonchev–Trinajstić information content (AvgIpc) is 3.07. The minimum atomic E-state index is -0.500. The Morgan fingerprint density at radius 2 is 1.96 bits per heavy atom. The summed E-state index contributed by atoms with van der Waals surface area (Å²) in [5, 5.41) is 10.2. The molecular formula is C18H21N3O4S. The molecule has 2 aliphatic heterocycles. The zero-order valence-corrected chi connectivity index (χ0v) is 15.9. The van der Waals surface area contributed by atoms with Crippen LogP contribution in [-0.2, 0) is 0 Å². The number of ketones is 1. The van der Waals surface area contributed by atoms with Gasteiger partial charge >= 0.3 is 0 Å². The molecule has 2 aromatic rings. The highest BCUT2D eigenvalue weighted by atomic mass is 32.1. The van der Waals surface area contributed by atoms with Gasteiger partial charge in [0.2, 0.25) is 10.9 Å². The molecule has 0 bridgehead atoms. The van der Waals surface area contributed by atoms with Gasteiger partial charge in [0, 0.05) is 25.9 Å². The van der Waals surface area contributed by atoms with Crippen LogP contribution in [-0.4, -0.2) is 48.9 Å². The third-order valence-electron chi connectivity index (χ3n) is 5.06. The van der Waals surface area contributed by atoms with Crippen molar-refractivity contribution in [3.05, 3.63) is 22.7 Å². The maximum Gasteiger partial charge on any atom is 0.208 e. The van der Waals surface area contributed by atoms with Crippen molar-refractivity contribution < 1.29 is 19.0 Å². The SMILES string of the molecule is COc1ccc2c(c1OC)OC1(CCN(c3nnc(C)s3)CC1)CC2=O. The largest absolute Gasteiger partial charge is 0.493 e. The summed E-state index contributed by atoms with van der Waals surface area (Å²) in [4.78, 5) is 15.0. The molecule has 0 amide bonds. The van der Waals surface area contributed by atoms with E-state index in [-0.39, 0.29) is 5.78 Å². The van der Waals surface area contributed by atoms with Gasteiger partial charge in [-0.3, -0.25) is 4.79 Å². The highest BCUT2D eigenvalue weighted by Crippen LogP contribution is 2.48. The van der Waals surface area contributed by atoms with E-state index in [9.17, 15) is 4.79 Å². The van der Waals surface area contributed by atoms with Crippen LogP contribution in [0.4, 0.5) is 5.13 Å². The first kappa shape index (κ1) is 17.1. The van der Waals surface area contributed by atoms with Crippen LogP contribution in [0.1, 0.15) is 34.6 Å². The van der Waals surface area contributed by atoms with E-state index in [2.05, 4.69) is 15.1 Å². The first-order valence-corrected chi connectivity index (χ1v) is 9.39. The Labute approximate surface area is 155 Å². The number of benzene rings is 1. The minimum Gasteiger partial charge on any atom is -0.493 e. The van der Waals surface area contributed by atoms with Crippen LogP contribution in [0.2, 0.25) is 0 Å². The van der Waals surface area contributed by atoms with E-state index in [4.69, 9.17) is 14.2 Å². The molecule has 4 rings (SSSR count). The first-order chi connectivity index (χ1) is 12.5. The molecule has 2 aliphatic rings. The number of aromatic nitrogens is 2. The summed E-state index contributed by atoms with van der Waals surface area (Å²) >= 11 is 1.59. The predicted octanol–water partition coefficient (Wildman–Crippen LogP) is 2.87. The second-order valence-electron chi connectivity index (χ2n) is 6.65. The van der Waals surface area contributed by atoms with Crippen LogP contribution in [0, 0.1) is 6.92 Å². The topological polar surface area (TPSA) is 73.8 Å². The molecule has 1 spiro atoms. The molecule has 0 unspecified atom stereocenters. The molecule has 3 heterocycles. The number of methoxy groups -OCH3 is 2. The number of rotatable bonds is 3. The number of ether oxygens (including phenoxy) is 3. The monoisotopic (exact) mass is 375 g/mol. The van der Waals surface area contributed by atoms with E-state index < -0.39 is 5.60 Å². The van der Waals surface area contributed by atoms with E-state index in [1.54, 1.807) is 37.7 Å². The van der Waals surface area contributed by atoms with Gasteiger partial charge < -0.3 is 19.1 Å². The number of hydrogen-bond donors (Lipinski definition) is 0. The van der Waals surface area contributed by atoms with Crippen LogP contribution in [0.25, 0.3) is 0 Å². The quantitative estimate of drug-likeness (QED) is 0.817. The summed E-state index contributed by atoms with van der Waals surface area (Å²) in [6.07, 6.45) is 1.88. The van der Waals surface area contributed by atoms with Crippen molar-refractivity contribution in [1.82, 2.24) is 10.2 Å². The minimum absolute atomic E-state index is 0.0902. The zero-order chi connectivity index (χ0) is 18.3. The molecule has 1 aromatic heterocycles. The van der Waals surface area contributed by atoms with Gasteiger partial charge in [0.05, 0.1) is 26.2 Å². The number of anilines is 1. The van der Waals surface area contributed by atoms with Crippen molar-refractivity contribution in [3.8, 4) is 17.2 Å². The van der Waals surface area contributed by atoms with Gasteiger partial charge in [0.1, 0.15) is 10.6 Å². The number of fused-ring (bicyclic) bond motifs is 1. The Morgan fingerprint density at radius 1 is 1.19 bits per heavy atom. The van der Waals surface area contributed by atoms with Crippen LogP contribution >= 0.6 is 11.3 Å². The molecule has 0 aliphatic carbocycles. The van der Waals surface area contributed by atoms with Crippen LogP contribution in [0.5, 0.6) is 17.2 Å². The van der Waals surface area contributed by atoms with E-state index in [0.29, 0.717) is 29.2 Å². The fraction of sp³-hybridized carbons (Fsp3) is 0.500. The van der Waals surface area contributed by atoms with E-state index in [1.165, 1.54) is 0 Å². The smallest absolute Gasteiger partial charge is 0.208 e. The number of aryl methyl sites for hydroxylation is 1. The van der Waals surface area contributed by atoms with Crippen LogP contribution in [0.15, 0.2) is 12.1 Å². The number of Topliss-reactive ketones (excluding diaryl/α,β-unsaturated/α-hetero) is 1. The molecular weight excluding hydrogens is 354 g/mol. The first-order valence-electron chi connectivity index (χ1n) is 8.57. The predicted molar refractivity (Wildman–Crippen MR) is 97.9 cm³/mol. The fourth-order valence-corrected chi connectivity index (χ4v) is 4.40. The second-order valence-corrected chi connectivity index (χ2v) is 7.81. The molecule has 1 saturated heterocycles. The Kier molecular flexibility index (Phi) is 4.22. The van der Waals surface area contributed by atoms with E-state index >= 15 is 0 Å². The van der Waals surface area contributed by atoms with E-state index in [1.807, 2.05) is 6.92 Å². The maximum absolute atomic E-state index is 12.8. The summed E-state index contributed by atoms with van der Waals surface area (Å²) < 4.78 is 17.2. The molecule has 1 aromatic carbocycles. The maximum atomic E-state index is 12.8. The van der Waals surface area contributed by atoms with Gasteiger partial charge in [-0.1, -0.05) is 11.3 Å². The van der Waals surface area contributed by atoms with Gasteiger partial charge in [-0.15, -0.1) is 10.2 Å². The van der Waals surface area contributed by atoms with Crippen molar-refractivity contribution in [1.29, 1.82) is 0 Å². The number of nitrogens with zero attached hydrogens (tertiary/aromatic N) is 3. The summed E-state index contributed by atoms with van der Waals surface area (Å²) in [6.45, 7) is 3.51. The molecule has 1 fully saturated rings. The lowest BCUT2D eigenvalue weighted by Crippen LogP contribution is -2.51. The summed E-state index contributed by atoms with van der Waals surface area (Å²) in [6, 6.07) is 3.50. The molecule has 0 saturated carbocycles. The Hall–Kier alpha value is -2.35. The molecule has 0 N–H and O–H groups in total. The molecule has 7 nitrogen and oxygen atoms in total. The molecule has 138 valence electrons. The number of hydrogen-bond acceptors (Lipinski definition) is 8. The van der Waals surface area contributed by atoms with Crippen LogP contribution < -0.4 is 19.1 Å². The highest BCUT2D eigenvalue weighted by Gasteiger charge is 2.44. The van der Waals surface area contributed by atoms with Gasteiger partial charge in [0.15, 0.2) is 17.3 Å². The molecule has 0 atom stereocenters. The number of carbonyl (C=O) groups is 1. The lowest BCUT2D eigenvalue weighted by Gasteiger charge is -2.44. The van der Waals surface area contributed by atoms with Crippen molar-refractivity contribution in [2.24, 2.45) is 0 Å². The van der Waals surface area contributed by atoms with Gasteiger partial charge in [-0.25, -0.2) is 0 Å². The van der Waals surface area contributed by atoms with Crippen molar-refractivity contribution in [3.63, 3.8) is 0 Å². The molecule has 8 heteroatoms. The Morgan fingerprint density at radius 3 is 2.58 bits per heavy atom. The normalized spacial score (nSPS) is 18.4. The second kappa shape index (κ2) is 6.42. The lowest BCUT2D eigenvalue weighted by molar-refractivity contribution is 0.0208. The zero-order valence-electron chi connectivity index (χ0n) is 15.1. The van der Waals surface area contributed by atoms with E-state index in [0.717, 1.165) is 36.1 Å². The van der Waals surface area contributed by atoms with Crippen molar-refractivity contribution in [2.75, 3.05) is 32.2 Å². The van der Waals surface area contributed by atoms with Gasteiger partial charge in [-0.2, -0.15) is 0 Å². The van der Waals surface area contributed by atoms with Gasteiger partial charge in [-0.05, 0) is 19.1 Å². The van der Waals surface area contributed by atoms with Crippen molar-refractivity contribution >= 4 is 22.3 Å². The molecule has 0 radical (unpaired) electrons. The number of carbonyl (C=O) groups excluding carboxylic acids is 1. The average molecular weight is 375 g/mol. The molecule has 26 heavy (non-hydrogen) atoms. The van der Waals surface area contributed by atoms with Gasteiger partial charge in [0.25, 0.3) is 0 Å². The number of piperidine rings is 1. The Bertz CT molecular complexity index is 843. The Balaban J connectivity index is 1.60. The standard InChI is InChI=1S/C18H21N3O4S/c1-11-19-20-17(26-11)21-8-6-18(7-9-21)10-13(22)12-4-5-14(23-2)16(24-3)15(12)25-18/h4-5H,6-10H2,1-3H3. The lowest BCUT2D eigenvalue weighted by atomic mass is 9.82. The summed E-state index contributed by atoms with van der Waals surface area (Å²) in [7, 11) is 3.14. The van der Waals surface area contributed by atoms with Crippen molar-refractivity contribution in [2.45, 2.75) is 31.8 Å².